The molecule has 1 saturated heterocycles. The summed E-state index contributed by atoms with van der Waals surface area (Å²) in [6.07, 6.45) is 4.17. The average Bonchev–Trinajstić information content (AvgIpc) is 2.62. The third-order valence-electron chi connectivity index (χ3n) is 4.94. The number of nitrogens with zero attached hydrogens (tertiary/aromatic N) is 3. The number of carbonyl (C=O) groups is 1. The first-order chi connectivity index (χ1) is 11.6. The fraction of sp³-hybridized carbons (Fsp3) is 0.450. The van der Waals surface area contributed by atoms with Gasteiger partial charge in [-0.3, -0.25) is 9.78 Å². The van der Waals surface area contributed by atoms with Crippen molar-refractivity contribution in [3.05, 3.63) is 53.5 Å². The van der Waals surface area contributed by atoms with Gasteiger partial charge in [0, 0.05) is 30.5 Å². The highest BCUT2D eigenvalue weighted by molar-refractivity contribution is 6.08. The number of ketones is 1. The Morgan fingerprint density at radius 1 is 1.25 bits per heavy atom. The molecule has 24 heavy (non-hydrogen) atoms. The van der Waals surface area contributed by atoms with E-state index in [1.807, 2.05) is 25.1 Å². The number of piperidine rings is 1. The van der Waals surface area contributed by atoms with Crippen LogP contribution in [0, 0.1) is 18.8 Å². The van der Waals surface area contributed by atoms with E-state index in [0.717, 1.165) is 24.6 Å². The van der Waals surface area contributed by atoms with E-state index in [0.29, 0.717) is 23.1 Å². The monoisotopic (exact) mass is 323 g/mol. The van der Waals surface area contributed by atoms with E-state index < -0.39 is 0 Å². The zero-order chi connectivity index (χ0) is 17.1. The normalized spacial score (nSPS) is 18.0. The summed E-state index contributed by atoms with van der Waals surface area (Å²) in [7, 11) is 0. The number of anilines is 1. The topological polar surface area (TPSA) is 46.1 Å². The van der Waals surface area contributed by atoms with Crippen LogP contribution in [0.3, 0.4) is 0 Å². The lowest BCUT2D eigenvalue weighted by molar-refractivity contribution is 0.103. The zero-order valence-corrected chi connectivity index (χ0v) is 14.7. The molecular weight excluding hydrogens is 298 g/mol. The summed E-state index contributed by atoms with van der Waals surface area (Å²) in [6, 6.07) is 9.34. The Labute approximate surface area is 143 Å². The van der Waals surface area contributed by atoms with Crippen LogP contribution < -0.4 is 4.90 Å². The van der Waals surface area contributed by atoms with Gasteiger partial charge in [-0.25, -0.2) is 4.98 Å². The molecule has 0 saturated carbocycles. The van der Waals surface area contributed by atoms with Gasteiger partial charge in [0.1, 0.15) is 11.5 Å². The lowest BCUT2D eigenvalue weighted by atomic mass is 9.88. The number of hydrogen-bond acceptors (Lipinski definition) is 4. The first-order valence-corrected chi connectivity index (χ1v) is 8.74. The van der Waals surface area contributed by atoms with Crippen molar-refractivity contribution in [2.75, 3.05) is 18.0 Å². The zero-order valence-electron chi connectivity index (χ0n) is 14.7. The van der Waals surface area contributed by atoms with Crippen LogP contribution in [0.4, 0.5) is 5.82 Å². The smallest absolute Gasteiger partial charge is 0.213 e. The molecule has 4 nitrogen and oxygen atoms in total. The summed E-state index contributed by atoms with van der Waals surface area (Å²) >= 11 is 0. The van der Waals surface area contributed by atoms with E-state index in [4.69, 9.17) is 0 Å². The molecule has 1 aliphatic heterocycles. The lowest BCUT2D eigenvalue weighted by Gasteiger charge is -2.35. The van der Waals surface area contributed by atoms with Crippen molar-refractivity contribution >= 4 is 11.6 Å². The van der Waals surface area contributed by atoms with Crippen molar-refractivity contribution in [2.45, 2.75) is 33.6 Å². The molecule has 2 aromatic heterocycles. The minimum atomic E-state index is -0.0557. The highest BCUT2D eigenvalue weighted by Crippen LogP contribution is 2.26. The number of carbonyl (C=O) groups excluding carboxylic acids is 1. The van der Waals surface area contributed by atoms with E-state index >= 15 is 0 Å². The van der Waals surface area contributed by atoms with E-state index in [1.165, 1.54) is 12.8 Å². The van der Waals surface area contributed by atoms with Crippen molar-refractivity contribution in [3.63, 3.8) is 0 Å². The van der Waals surface area contributed by atoms with Crippen molar-refractivity contribution < 1.29 is 4.79 Å². The molecule has 3 rings (SSSR count). The second-order valence-corrected chi connectivity index (χ2v) is 6.94. The quantitative estimate of drug-likeness (QED) is 0.801. The van der Waals surface area contributed by atoms with Crippen LogP contribution >= 0.6 is 0 Å². The van der Waals surface area contributed by atoms with Gasteiger partial charge in [-0.15, -0.1) is 0 Å². The molecule has 1 atom stereocenters. The standard InChI is InChI=1S/C20H25N3O/c1-14(2)16-7-6-12-23(13-16)19-10-4-9-18(22-19)20(24)17-8-5-11-21-15(17)3/h4-5,8-11,14,16H,6-7,12-13H2,1-3H3/t16-/m0/s1. The summed E-state index contributed by atoms with van der Waals surface area (Å²) in [4.78, 5) is 23.9. The summed E-state index contributed by atoms with van der Waals surface area (Å²) in [5.74, 6) is 2.23. The first kappa shape index (κ1) is 16.6. The second kappa shape index (κ2) is 7.12. The van der Waals surface area contributed by atoms with Crippen LogP contribution in [0.5, 0.6) is 0 Å². The van der Waals surface area contributed by atoms with Crippen LogP contribution in [0.15, 0.2) is 36.5 Å². The minimum absolute atomic E-state index is 0.0557. The van der Waals surface area contributed by atoms with Crippen LogP contribution in [0.25, 0.3) is 0 Å². The number of aryl methyl sites for hydroxylation is 1. The predicted molar refractivity (Wildman–Crippen MR) is 96.4 cm³/mol. The third-order valence-corrected chi connectivity index (χ3v) is 4.94. The van der Waals surface area contributed by atoms with Crippen molar-refractivity contribution in [2.24, 2.45) is 11.8 Å². The van der Waals surface area contributed by atoms with Gasteiger partial charge in [0.05, 0.1) is 0 Å². The third kappa shape index (κ3) is 3.48. The second-order valence-electron chi connectivity index (χ2n) is 6.94. The lowest BCUT2D eigenvalue weighted by Crippen LogP contribution is -2.38. The summed E-state index contributed by atoms with van der Waals surface area (Å²) < 4.78 is 0. The van der Waals surface area contributed by atoms with Crippen molar-refractivity contribution in [1.29, 1.82) is 0 Å². The average molecular weight is 323 g/mol. The molecule has 0 aromatic carbocycles. The molecule has 0 amide bonds. The maximum Gasteiger partial charge on any atom is 0.213 e. The van der Waals surface area contributed by atoms with Gasteiger partial charge in [-0.2, -0.15) is 0 Å². The molecular formula is C20H25N3O. The molecule has 0 aliphatic carbocycles. The molecule has 0 bridgehead atoms. The van der Waals surface area contributed by atoms with Crippen molar-refractivity contribution in [1.82, 2.24) is 9.97 Å². The molecule has 2 aromatic rings. The summed E-state index contributed by atoms with van der Waals surface area (Å²) in [5.41, 5.74) is 1.86. The first-order valence-electron chi connectivity index (χ1n) is 8.74. The fourth-order valence-corrected chi connectivity index (χ4v) is 3.35. The highest BCUT2D eigenvalue weighted by atomic mass is 16.1. The number of aromatic nitrogens is 2. The van der Waals surface area contributed by atoms with E-state index in [2.05, 4.69) is 28.7 Å². The molecule has 3 heterocycles. The van der Waals surface area contributed by atoms with Gasteiger partial charge < -0.3 is 4.90 Å². The Morgan fingerprint density at radius 3 is 2.83 bits per heavy atom. The van der Waals surface area contributed by atoms with Crippen LogP contribution in [-0.4, -0.2) is 28.8 Å². The van der Waals surface area contributed by atoms with Gasteiger partial charge >= 0.3 is 0 Å². The van der Waals surface area contributed by atoms with E-state index in [1.54, 1.807) is 18.3 Å². The molecule has 0 radical (unpaired) electrons. The molecule has 0 spiro atoms. The highest BCUT2D eigenvalue weighted by Gasteiger charge is 2.24. The number of pyridine rings is 2. The number of rotatable bonds is 4. The Kier molecular flexibility index (Phi) is 4.93. The minimum Gasteiger partial charge on any atom is -0.356 e. The maximum atomic E-state index is 12.8. The summed E-state index contributed by atoms with van der Waals surface area (Å²) in [5, 5.41) is 0. The van der Waals surface area contributed by atoms with Crippen LogP contribution in [0.1, 0.15) is 48.4 Å². The fourth-order valence-electron chi connectivity index (χ4n) is 3.35. The van der Waals surface area contributed by atoms with Gasteiger partial charge in [0.2, 0.25) is 5.78 Å². The predicted octanol–water partition coefficient (Wildman–Crippen LogP) is 3.89. The molecule has 0 unspecified atom stereocenters. The molecule has 1 aliphatic rings. The van der Waals surface area contributed by atoms with Crippen LogP contribution in [-0.2, 0) is 0 Å². The molecule has 4 heteroatoms. The van der Waals surface area contributed by atoms with Gasteiger partial charge in [-0.1, -0.05) is 19.9 Å². The van der Waals surface area contributed by atoms with Crippen molar-refractivity contribution in [3.8, 4) is 0 Å². The van der Waals surface area contributed by atoms with E-state index in [-0.39, 0.29) is 5.78 Å². The SMILES string of the molecule is Cc1ncccc1C(=O)c1cccc(N2CCC[C@H](C(C)C)C2)n1. The Hall–Kier alpha value is -2.23. The number of hydrogen-bond donors (Lipinski definition) is 0. The maximum absolute atomic E-state index is 12.8. The van der Waals surface area contributed by atoms with E-state index in [9.17, 15) is 4.79 Å². The Balaban J connectivity index is 1.84. The van der Waals surface area contributed by atoms with Gasteiger partial charge in [0.15, 0.2) is 0 Å². The van der Waals surface area contributed by atoms with Gasteiger partial charge in [-0.05, 0) is 55.9 Å². The molecule has 126 valence electrons. The Bertz CT molecular complexity index is 726. The largest absolute Gasteiger partial charge is 0.356 e. The Morgan fingerprint density at radius 2 is 2.08 bits per heavy atom. The van der Waals surface area contributed by atoms with Gasteiger partial charge in [0.25, 0.3) is 0 Å². The molecule has 1 fully saturated rings. The molecule has 0 N–H and O–H groups in total. The summed E-state index contributed by atoms with van der Waals surface area (Å²) in [6.45, 7) is 8.46. The van der Waals surface area contributed by atoms with Crippen LogP contribution in [0.2, 0.25) is 0 Å².